The van der Waals surface area contributed by atoms with Crippen molar-refractivity contribution in [2.45, 2.75) is 31.6 Å². The number of benzene rings is 2. The number of carbonyl (C=O) groups excluding carboxylic acids is 1. The molecule has 0 bridgehead atoms. The first-order chi connectivity index (χ1) is 12.5. The molecule has 1 aliphatic rings. The Bertz CT molecular complexity index is 779. The van der Waals surface area contributed by atoms with Gasteiger partial charge in [0.2, 0.25) is 0 Å². The van der Waals surface area contributed by atoms with Crippen LogP contribution in [0.15, 0.2) is 42.5 Å². The third kappa shape index (κ3) is 4.61. The maximum atomic E-state index is 12.3. The number of nitrogens with zero attached hydrogens (tertiary/aromatic N) is 1. The average Bonchev–Trinajstić information content (AvgIpc) is 2.66. The molecule has 2 unspecified atom stereocenters. The molecule has 0 radical (unpaired) electrons. The van der Waals surface area contributed by atoms with Crippen molar-refractivity contribution in [3.05, 3.63) is 64.7 Å². The quantitative estimate of drug-likeness (QED) is 0.792. The molecule has 2 atom stereocenters. The lowest BCUT2D eigenvalue weighted by Gasteiger charge is -2.35. The Morgan fingerprint density at radius 2 is 1.93 bits per heavy atom. The van der Waals surface area contributed by atoms with Crippen LogP contribution in [0.3, 0.4) is 0 Å². The van der Waals surface area contributed by atoms with Crippen molar-refractivity contribution in [2.24, 2.45) is 0 Å². The maximum absolute atomic E-state index is 12.3. The molecule has 3 rings (SSSR count). The molecule has 0 spiro atoms. The van der Waals surface area contributed by atoms with Crippen LogP contribution in [0.2, 0.25) is 0 Å². The number of methoxy groups -OCH3 is 1. The zero-order valence-corrected chi connectivity index (χ0v) is 16.7. The molecular formula is C21H26ClNO4. The standard InChI is InChI=1S/C21H25NO4.ClH/c1-22(2)18-10-9-15-11-19(26-13-14-7-5-4-6-8-14)17(21(24)25-3)12-16(15)20(18)23;/h4-8,11-12,18,20,23H,9-10,13H2,1-3H3;1H. The molecule has 0 heterocycles. The molecule has 1 aliphatic carbocycles. The van der Waals surface area contributed by atoms with Crippen molar-refractivity contribution < 1.29 is 19.4 Å². The van der Waals surface area contributed by atoms with E-state index < -0.39 is 12.1 Å². The zero-order valence-electron chi connectivity index (χ0n) is 15.8. The van der Waals surface area contributed by atoms with Gasteiger partial charge in [0.25, 0.3) is 0 Å². The van der Waals surface area contributed by atoms with Crippen molar-refractivity contribution in [1.82, 2.24) is 4.90 Å². The van der Waals surface area contributed by atoms with Gasteiger partial charge in [-0.25, -0.2) is 4.79 Å². The van der Waals surface area contributed by atoms with Crippen LogP contribution in [0.1, 0.15) is 39.6 Å². The predicted molar refractivity (Wildman–Crippen MR) is 107 cm³/mol. The zero-order chi connectivity index (χ0) is 18.7. The van der Waals surface area contributed by atoms with E-state index in [1.807, 2.05) is 55.4 Å². The molecule has 2 aromatic carbocycles. The van der Waals surface area contributed by atoms with E-state index in [-0.39, 0.29) is 18.4 Å². The maximum Gasteiger partial charge on any atom is 0.341 e. The largest absolute Gasteiger partial charge is 0.488 e. The lowest BCUT2D eigenvalue weighted by molar-refractivity contribution is 0.0582. The van der Waals surface area contributed by atoms with E-state index in [1.165, 1.54) is 7.11 Å². The van der Waals surface area contributed by atoms with Crippen molar-refractivity contribution in [3.63, 3.8) is 0 Å². The normalized spacial score (nSPS) is 18.4. The van der Waals surface area contributed by atoms with E-state index in [0.717, 1.165) is 29.5 Å². The number of hydrogen-bond acceptors (Lipinski definition) is 5. The van der Waals surface area contributed by atoms with E-state index in [9.17, 15) is 9.90 Å². The van der Waals surface area contributed by atoms with Crippen LogP contribution in [0.5, 0.6) is 5.75 Å². The van der Waals surface area contributed by atoms with Crippen molar-refractivity contribution in [2.75, 3.05) is 21.2 Å². The Labute approximate surface area is 166 Å². The summed E-state index contributed by atoms with van der Waals surface area (Å²) in [4.78, 5) is 14.3. The molecule has 5 nitrogen and oxygen atoms in total. The van der Waals surface area contributed by atoms with Gasteiger partial charge in [0.05, 0.1) is 13.2 Å². The lowest BCUT2D eigenvalue weighted by atomic mass is 9.84. The van der Waals surface area contributed by atoms with Gasteiger partial charge in [0, 0.05) is 6.04 Å². The smallest absolute Gasteiger partial charge is 0.341 e. The van der Waals surface area contributed by atoms with Gasteiger partial charge in [-0.1, -0.05) is 30.3 Å². The number of ether oxygens (including phenoxy) is 2. The van der Waals surface area contributed by atoms with Gasteiger partial charge in [-0.3, -0.25) is 0 Å². The van der Waals surface area contributed by atoms with Crippen LogP contribution in [0.25, 0.3) is 0 Å². The topological polar surface area (TPSA) is 59.0 Å². The molecule has 27 heavy (non-hydrogen) atoms. The summed E-state index contributed by atoms with van der Waals surface area (Å²) in [5.74, 6) is 0.0324. The van der Waals surface area contributed by atoms with Crippen molar-refractivity contribution >= 4 is 18.4 Å². The Kier molecular flexibility index (Phi) is 7.25. The molecule has 0 saturated carbocycles. The van der Waals surface area contributed by atoms with Crippen molar-refractivity contribution in [1.29, 1.82) is 0 Å². The van der Waals surface area contributed by atoms with Crippen LogP contribution in [0, 0.1) is 0 Å². The van der Waals surface area contributed by atoms with Gasteiger partial charge in [-0.05, 0) is 55.8 Å². The summed E-state index contributed by atoms with van der Waals surface area (Å²) in [6.07, 6.45) is 1.05. The first kappa shape index (κ1) is 21.2. The number of esters is 1. The molecule has 6 heteroatoms. The number of halogens is 1. The summed E-state index contributed by atoms with van der Waals surface area (Å²) >= 11 is 0. The second-order valence-electron chi connectivity index (χ2n) is 6.83. The predicted octanol–water partition coefficient (Wildman–Crippen LogP) is 3.38. The monoisotopic (exact) mass is 391 g/mol. The van der Waals surface area contributed by atoms with Crippen LogP contribution in [0.4, 0.5) is 0 Å². The van der Waals surface area contributed by atoms with E-state index in [2.05, 4.69) is 0 Å². The lowest BCUT2D eigenvalue weighted by Crippen LogP contribution is -2.37. The number of fused-ring (bicyclic) bond motifs is 1. The van der Waals surface area contributed by atoms with E-state index in [0.29, 0.717) is 17.9 Å². The van der Waals surface area contributed by atoms with E-state index >= 15 is 0 Å². The fourth-order valence-electron chi connectivity index (χ4n) is 3.46. The summed E-state index contributed by atoms with van der Waals surface area (Å²) in [6.45, 7) is 0.368. The highest BCUT2D eigenvalue weighted by molar-refractivity contribution is 5.93. The van der Waals surface area contributed by atoms with Gasteiger partial charge in [0.1, 0.15) is 17.9 Å². The van der Waals surface area contributed by atoms with Gasteiger partial charge in [-0.2, -0.15) is 0 Å². The van der Waals surface area contributed by atoms with Crippen LogP contribution < -0.4 is 4.74 Å². The Balaban J connectivity index is 0.00000261. The third-order valence-corrected chi connectivity index (χ3v) is 4.94. The number of likely N-dealkylation sites (N-methyl/N-ethyl adjacent to an activating group) is 1. The molecule has 2 aromatic rings. The molecule has 146 valence electrons. The summed E-state index contributed by atoms with van der Waals surface area (Å²) in [5, 5.41) is 10.7. The number of aliphatic hydroxyl groups is 1. The molecule has 0 fully saturated rings. The number of aryl methyl sites for hydroxylation is 1. The molecule has 0 saturated heterocycles. The minimum absolute atomic E-state index is 0. The molecule has 0 aliphatic heterocycles. The second-order valence-corrected chi connectivity index (χ2v) is 6.83. The highest BCUT2D eigenvalue weighted by atomic mass is 35.5. The third-order valence-electron chi connectivity index (χ3n) is 4.94. The first-order valence-electron chi connectivity index (χ1n) is 8.77. The second kappa shape index (κ2) is 9.22. The number of rotatable bonds is 5. The highest BCUT2D eigenvalue weighted by Crippen LogP contribution is 2.36. The van der Waals surface area contributed by atoms with E-state index in [1.54, 1.807) is 6.07 Å². The van der Waals surface area contributed by atoms with Gasteiger partial charge in [0.15, 0.2) is 0 Å². The highest BCUT2D eigenvalue weighted by Gasteiger charge is 2.31. The Hall–Kier alpha value is -2.08. The number of hydrogen-bond donors (Lipinski definition) is 1. The van der Waals surface area contributed by atoms with Gasteiger partial charge >= 0.3 is 5.97 Å². The number of aliphatic hydroxyl groups excluding tert-OH is 1. The van der Waals surface area contributed by atoms with E-state index in [4.69, 9.17) is 9.47 Å². The average molecular weight is 392 g/mol. The fraction of sp³-hybridized carbons (Fsp3) is 0.381. The first-order valence-corrected chi connectivity index (χ1v) is 8.77. The van der Waals surface area contributed by atoms with Crippen molar-refractivity contribution in [3.8, 4) is 5.75 Å². The minimum atomic E-state index is -0.639. The SMILES string of the molecule is COC(=O)c1cc2c(cc1OCc1ccccc1)CCC(N(C)C)C2O.Cl. The number of carbonyl (C=O) groups is 1. The molecule has 0 amide bonds. The Morgan fingerprint density at radius 1 is 1.22 bits per heavy atom. The van der Waals surface area contributed by atoms with Crippen LogP contribution >= 0.6 is 12.4 Å². The molecule has 0 aromatic heterocycles. The van der Waals surface area contributed by atoms with Gasteiger partial charge < -0.3 is 19.5 Å². The molecular weight excluding hydrogens is 366 g/mol. The fourth-order valence-corrected chi connectivity index (χ4v) is 3.46. The Morgan fingerprint density at radius 3 is 2.56 bits per heavy atom. The summed E-state index contributed by atoms with van der Waals surface area (Å²) < 4.78 is 10.8. The summed E-state index contributed by atoms with van der Waals surface area (Å²) in [5.41, 5.74) is 3.17. The van der Waals surface area contributed by atoms with Gasteiger partial charge in [-0.15, -0.1) is 12.4 Å². The van der Waals surface area contributed by atoms with Crippen LogP contribution in [-0.4, -0.2) is 43.2 Å². The minimum Gasteiger partial charge on any atom is -0.488 e. The summed E-state index contributed by atoms with van der Waals surface area (Å²) in [7, 11) is 5.26. The molecule has 1 N–H and O–H groups in total. The van der Waals surface area contributed by atoms with Crippen LogP contribution in [-0.2, 0) is 17.8 Å². The summed E-state index contributed by atoms with van der Waals surface area (Å²) in [6, 6.07) is 13.4.